The Labute approximate surface area is 117 Å². The monoisotopic (exact) mass is 295 g/mol. The van der Waals surface area contributed by atoms with Crippen LogP contribution in [0.2, 0.25) is 0 Å². The smallest absolute Gasteiger partial charge is 0.194 e. The van der Waals surface area contributed by atoms with Gasteiger partial charge in [0.15, 0.2) is 29.2 Å². The van der Waals surface area contributed by atoms with Crippen molar-refractivity contribution in [3.63, 3.8) is 0 Å². The molecule has 0 amide bonds. The first-order valence-electron chi connectivity index (χ1n) is 6.11. The molecule has 0 aliphatic carbocycles. The van der Waals surface area contributed by atoms with Gasteiger partial charge in [0.05, 0.1) is 6.33 Å². The van der Waals surface area contributed by atoms with Crippen LogP contribution in [0, 0.1) is 0 Å². The Kier molecular flexibility index (Phi) is 3.20. The molecule has 1 aliphatic heterocycles. The molecule has 2 aromatic rings. The summed E-state index contributed by atoms with van der Waals surface area (Å²) in [6, 6.07) is 0. The van der Waals surface area contributed by atoms with Crippen LogP contribution in [0.5, 0.6) is 0 Å². The van der Waals surface area contributed by atoms with Gasteiger partial charge in [-0.25, -0.2) is 9.97 Å². The second kappa shape index (κ2) is 4.91. The number of rotatable bonds is 2. The fraction of sp³-hybridized carbons (Fsp3) is 0.455. The second-order valence-corrected chi connectivity index (χ2v) is 4.57. The Hall–Kier alpha value is -2.30. The second-order valence-electron chi connectivity index (χ2n) is 4.57. The molecule has 1 fully saturated rings. The van der Waals surface area contributed by atoms with Gasteiger partial charge in [-0.15, -0.1) is 0 Å². The summed E-state index contributed by atoms with van der Waals surface area (Å²) in [6.45, 7) is 0. The van der Waals surface area contributed by atoms with Crippen molar-refractivity contribution in [2.45, 2.75) is 24.5 Å². The number of aliphatic hydroxyl groups excluding tert-OH is 2. The Morgan fingerprint density at radius 1 is 1.33 bits per heavy atom. The number of hydrogen-bond donors (Lipinski definition) is 3. The van der Waals surface area contributed by atoms with Crippen molar-refractivity contribution in [1.29, 1.82) is 0 Å². The molecule has 21 heavy (non-hydrogen) atoms. The third-order valence-electron chi connectivity index (χ3n) is 3.38. The van der Waals surface area contributed by atoms with E-state index in [1.165, 1.54) is 17.9 Å². The Balaban J connectivity index is 2.13. The van der Waals surface area contributed by atoms with Gasteiger partial charge in [-0.05, 0) is 0 Å². The van der Waals surface area contributed by atoms with E-state index in [1.54, 1.807) is 0 Å². The van der Waals surface area contributed by atoms with Gasteiger partial charge in [-0.1, -0.05) is 0 Å². The Bertz CT molecular complexity index is 753. The van der Waals surface area contributed by atoms with Crippen molar-refractivity contribution < 1.29 is 25.0 Å². The molecule has 4 atom stereocenters. The van der Waals surface area contributed by atoms with Crippen molar-refractivity contribution in [2.75, 3.05) is 7.05 Å². The largest absolute Gasteiger partial charge is 0.425 e. The lowest BCUT2D eigenvalue weighted by atomic mass is 10.1. The minimum Gasteiger partial charge on any atom is -0.425 e. The van der Waals surface area contributed by atoms with Gasteiger partial charge in [-0.2, -0.15) is 4.73 Å². The van der Waals surface area contributed by atoms with Gasteiger partial charge < -0.3 is 25.0 Å². The van der Waals surface area contributed by atoms with E-state index in [1.807, 2.05) is 0 Å². The van der Waals surface area contributed by atoms with Crippen LogP contribution in [-0.2, 0) is 9.53 Å². The van der Waals surface area contributed by atoms with Crippen LogP contribution in [0.25, 0.3) is 11.2 Å². The molecule has 2 aromatic heterocycles. The maximum atomic E-state index is 10.8. The molecule has 0 aromatic carbocycles. The number of aromatic nitrogens is 4. The summed E-state index contributed by atoms with van der Waals surface area (Å²) in [4.78, 5) is 22.8. The number of hydrogen-bond acceptors (Lipinski definition) is 8. The summed E-state index contributed by atoms with van der Waals surface area (Å²) < 4.78 is 7.40. The van der Waals surface area contributed by atoms with Crippen molar-refractivity contribution in [2.24, 2.45) is 4.99 Å². The van der Waals surface area contributed by atoms with Crippen molar-refractivity contribution >= 4 is 17.5 Å². The molecule has 0 bridgehead atoms. The van der Waals surface area contributed by atoms with Gasteiger partial charge in [-0.3, -0.25) is 9.56 Å². The number of carbonyl (C=O) groups is 1. The standard InChI is InChI=1S/C11H13N5O5/c1-12-9-6-10(14-4-16(9)20)15(3-13-6)11-8(19)7(18)5(2-17)21-11/h2-5,7-8,11,18-20H,1H3/t5-,7-,8-,11-/m1/s1. The lowest BCUT2D eigenvalue weighted by molar-refractivity contribution is -0.122. The third-order valence-corrected chi connectivity index (χ3v) is 3.38. The normalized spacial score (nSPS) is 30.1. The molecule has 1 aliphatic rings. The minimum atomic E-state index is -1.33. The molecule has 112 valence electrons. The van der Waals surface area contributed by atoms with Gasteiger partial charge >= 0.3 is 0 Å². The van der Waals surface area contributed by atoms with Crippen molar-refractivity contribution in [1.82, 2.24) is 19.3 Å². The molecule has 0 radical (unpaired) electrons. The van der Waals surface area contributed by atoms with E-state index in [4.69, 9.17) is 4.74 Å². The number of aldehydes is 1. The van der Waals surface area contributed by atoms with E-state index in [-0.39, 0.29) is 5.49 Å². The molecule has 0 saturated carbocycles. The number of fused-ring (bicyclic) bond motifs is 1. The van der Waals surface area contributed by atoms with E-state index >= 15 is 0 Å². The van der Waals surface area contributed by atoms with Gasteiger partial charge in [0.25, 0.3) is 0 Å². The Morgan fingerprint density at radius 3 is 2.71 bits per heavy atom. The molecule has 1 saturated heterocycles. The minimum absolute atomic E-state index is 0.179. The van der Waals surface area contributed by atoms with Crippen LogP contribution in [-0.4, -0.2) is 66.3 Å². The predicted molar refractivity (Wildman–Crippen MR) is 66.2 cm³/mol. The van der Waals surface area contributed by atoms with E-state index in [2.05, 4.69) is 15.0 Å². The predicted octanol–water partition coefficient (Wildman–Crippen LogP) is -2.18. The van der Waals surface area contributed by atoms with Gasteiger partial charge in [0.2, 0.25) is 0 Å². The maximum Gasteiger partial charge on any atom is 0.194 e. The quantitative estimate of drug-likeness (QED) is 0.423. The maximum absolute atomic E-state index is 10.8. The highest BCUT2D eigenvalue weighted by molar-refractivity contribution is 5.69. The third kappa shape index (κ3) is 1.92. The molecule has 10 heteroatoms. The fourth-order valence-electron chi connectivity index (χ4n) is 2.34. The van der Waals surface area contributed by atoms with Crippen molar-refractivity contribution in [3.8, 4) is 0 Å². The first kappa shape index (κ1) is 13.7. The molecule has 3 rings (SSSR count). The zero-order chi connectivity index (χ0) is 15.1. The number of ether oxygens (including phenoxy) is 1. The molecule has 0 unspecified atom stereocenters. The molecule has 10 nitrogen and oxygen atoms in total. The SMILES string of the molecule is CN=c1c2ncn([C@@H]3O[C@H](C=O)[C@@H](O)[C@H]3O)c2ncn1O. The fourth-order valence-corrected chi connectivity index (χ4v) is 2.34. The summed E-state index contributed by atoms with van der Waals surface area (Å²) in [5, 5.41) is 29.3. The highest BCUT2D eigenvalue weighted by Gasteiger charge is 2.44. The van der Waals surface area contributed by atoms with Crippen LogP contribution < -0.4 is 5.49 Å². The van der Waals surface area contributed by atoms with Crippen LogP contribution in [0.3, 0.4) is 0 Å². The number of imidazole rings is 1. The summed E-state index contributed by atoms with van der Waals surface area (Å²) in [6.07, 6.45) is -1.88. The molecular formula is C11H13N5O5. The molecular weight excluding hydrogens is 282 g/mol. The molecule has 3 N–H and O–H groups in total. The van der Waals surface area contributed by atoms with Crippen LogP contribution in [0.15, 0.2) is 17.6 Å². The molecule has 3 heterocycles. The van der Waals surface area contributed by atoms with Gasteiger partial charge in [0, 0.05) is 7.05 Å². The summed E-state index contributed by atoms with van der Waals surface area (Å²) in [7, 11) is 1.48. The summed E-state index contributed by atoms with van der Waals surface area (Å²) in [5.74, 6) is 0. The Morgan fingerprint density at radius 2 is 2.10 bits per heavy atom. The van der Waals surface area contributed by atoms with E-state index < -0.39 is 24.5 Å². The zero-order valence-corrected chi connectivity index (χ0v) is 10.9. The molecule has 0 spiro atoms. The topological polar surface area (TPSA) is 135 Å². The highest BCUT2D eigenvalue weighted by Crippen LogP contribution is 2.29. The lowest BCUT2D eigenvalue weighted by Crippen LogP contribution is -2.32. The van der Waals surface area contributed by atoms with Crippen molar-refractivity contribution in [3.05, 3.63) is 18.1 Å². The summed E-state index contributed by atoms with van der Waals surface area (Å²) >= 11 is 0. The number of aliphatic hydroxyl groups is 2. The number of carbonyl (C=O) groups excluding carboxylic acids is 1. The van der Waals surface area contributed by atoms with Crippen LogP contribution >= 0.6 is 0 Å². The average Bonchev–Trinajstić information content (AvgIpc) is 3.02. The first-order valence-corrected chi connectivity index (χ1v) is 6.11. The van der Waals surface area contributed by atoms with Crippen LogP contribution in [0.1, 0.15) is 6.23 Å². The first-order chi connectivity index (χ1) is 10.1. The van der Waals surface area contributed by atoms with E-state index in [0.29, 0.717) is 22.2 Å². The van der Waals surface area contributed by atoms with Crippen LogP contribution in [0.4, 0.5) is 0 Å². The lowest BCUT2D eigenvalue weighted by Gasteiger charge is -2.16. The van der Waals surface area contributed by atoms with Gasteiger partial charge in [0.1, 0.15) is 24.6 Å². The average molecular weight is 295 g/mol. The zero-order valence-electron chi connectivity index (χ0n) is 10.9. The highest BCUT2D eigenvalue weighted by atomic mass is 16.6. The summed E-state index contributed by atoms with van der Waals surface area (Å²) in [5.41, 5.74) is 0.768. The van der Waals surface area contributed by atoms with E-state index in [0.717, 1.165) is 6.33 Å². The number of nitrogens with zero attached hydrogens (tertiary/aromatic N) is 5. The van der Waals surface area contributed by atoms with E-state index in [9.17, 15) is 20.2 Å².